The molecule has 274 valence electrons. The van der Waals surface area contributed by atoms with Crippen molar-refractivity contribution in [3.63, 3.8) is 0 Å². The van der Waals surface area contributed by atoms with Gasteiger partial charge in [0.15, 0.2) is 0 Å². The summed E-state index contributed by atoms with van der Waals surface area (Å²) in [5.74, 6) is 0. The van der Waals surface area contributed by atoms with Crippen LogP contribution in [0.25, 0.3) is 27.5 Å². The van der Waals surface area contributed by atoms with Crippen molar-refractivity contribution < 1.29 is 0 Å². The summed E-state index contributed by atoms with van der Waals surface area (Å²) in [4.78, 5) is 9.62. The van der Waals surface area contributed by atoms with Gasteiger partial charge < -0.3 is 24.2 Å². The van der Waals surface area contributed by atoms with Crippen LogP contribution in [0.1, 0.15) is 48.6 Å². The lowest BCUT2D eigenvalue weighted by Gasteiger charge is -2.42. The summed E-state index contributed by atoms with van der Waals surface area (Å²) in [6.07, 6.45) is 0. The van der Waals surface area contributed by atoms with Crippen molar-refractivity contribution in [2.45, 2.75) is 31.6 Å². The van der Waals surface area contributed by atoms with Crippen molar-refractivity contribution in [3.05, 3.63) is 186 Å². The van der Waals surface area contributed by atoms with E-state index in [1.54, 1.807) is 0 Å². The molecule has 0 amide bonds. The molecular formula is C51H45N5. The molecule has 8 aromatic rings. The summed E-state index contributed by atoms with van der Waals surface area (Å²) >= 11 is 0. The van der Waals surface area contributed by atoms with E-state index in [-0.39, 0.29) is 5.41 Å². The molecule has 4 heterocycles. The predicted molar refractivity (Wildman–Crippen MR) is 235 cm³/mol. The highest BCUT2D eigenvalue weighted by atomic mass is 15.4. The zero-order valence-corrected chi connectivity index (χ0v) is 32.7. The minimum atomic E-state index is -0.629. The highest BCUT2D eigenvalue weighted by molar-refractivity contribution is 6.12. The summed E-state index contributed by atoms with van der Waals surface area (Å²) in [5.41, 5.74) is 16.9. The molecule has 1 unspecified atom stereocenters. The third kappa shape index (κ3) is 4.48. The smallest absolute Gasteiger partial charge is 0.0950 e. The molecule has 1 atom stereocenters. The maximum Gasteiger partial charge on any atom is 0.0950 e. The van der Waals surface area contributed by atoms with Gasteiger partial charge in [-0.1, -0.05) is 112 Å². The van der Waals surface area contributed by atoms with Gasteiger partial charge in [-0.05, 0) is 100.0 Å². The van der Waals surface area contributed by atoms with Crippen molar-refractivity contribution in [2.75, 3.05) is 47.0 Å². The van der Waals surface area contributed by atoms with Crippen LogP contribution >= 0.6 is 0 Å². The number of anilines is 6. The Bertz CT molecular complexity index is 2860. The first-order chi connectivity index (χ1) is 27.2. The van der Waals surface area contributed by atoms with Gasteiger partial charge in [-0.3, -0.25) is 0 Å². The normalized spacial score (nSPS) is 17.2. The van der Waals surface area contributed by atoms with Crippen molar-refractivity contribution in [1.29, 1.82) is 0 Å². The fourth-order valence-electron chi connectivity index (χ4n) is 10.0. The molecule has 3 aliphatic rings. The Morgan fingerprint density at radius 3 is 1.75 bits per heavy atom. The first-order valence-corrected chi connectivity index (χ1v) is 19.8. The average molecular weight is 728 g/mol. The number of para-hydroxylation sites is 5. The maximum absolute atomic E-state index is 2.56. The summed E-state index contributed by atoms with van der Waals surface area (Å²) in [6.45, 7) is 8.52. The van der Waals surface area contributed by atoms with Crippen molar-refractivity contribution in [1.82, 2.24) is 4.57 Å². The summed E-state index contributed by atoms with van der Waals surface area (Å²) in [7, 11) is 4.38. The van der Waals surface area contributed by atoms with Gasteiger partial charge in [0.25, 0.3) is 0 Å². The second-order valence-electron chi connectivity index (χ2n) is 16.9. The van der Waals surface area contributed by atoms with Crippen LogP contribution in [0.2, 0.25) is 0 Å². The Morgan fingerprint density at radius 1 is 0.464 bits per heavy atom. The molecule has 0 saturated heterocycles. The van der Waals surface area contributed by atoms with Crippen LogP contribution in [0.15, 0.2) is 158 Å². The average Bonchev–Trinajstić information content (AvgIpc) is 3.87. The number of aromatic nitrogens is 1. The lowest BCUT2D eigenvalue weighted by atomic mass is 9.63. The summed E-state index contributed by atoms with van der Waals surface area (Å²) in [6, 6.07) is 59.6. The molecule has 7 aromatic carbocycles. The molecule has 5 heteroatoms. The Hall–Kier alpha value is -6.46. The SMILES string of the molecule is CN1CN(c2cccc(C3(c4ccccc4)c4cc(N5CN(C)c6ccccc65)ccc4-n4c5ccc(C(C)(C)C)cc5c5cccc3c54)c2)c2ccccc21. The molecule has 0 saturated carbocycles. The van der Waals surface area contributed by atoms with Gasteiger partial charge in [0.1, 0.15) is 0 Å². The van der Waals surface area contributed by atoms with Crippen LogP contribution in [-0.2, 0) is 10.8 Å². The van der Waals surface area contributed by atoms with Crippen molar-refractivity contribution in [3.8, 4) is 5.69 Å². The largest absolute Gasteiger partial charge is 0.355 e. The van der Waals surface area contributed by atoms with Crippen LogP contribution in [0.3, 0.4) is 0 Å². The highest BCUT2D eigenvalue weighted by Crippen LogP contribution is 2.56. The van der Waals surface area contributed by atoms with Crippen molar-refractivity contribution in [2.24, 2.45) is 0 Å². The monoisotopic (exact) mass is 727 g/mol. The number of fused-ring (bicyclic) bond motifs is 7. The van der Waals surface area contributed by atoms with E-state index in [4.69, 9.17) is 0 Å². The van der Waals surface area contributed by atoms with E-state index in [0.29, 0.717) is 0 Å². The molecule has 3 aliphatic heterocycles. The first-order valence-electron chi connectivity index (χ1n) is 19.8. The molecule has 56 heavy (non-hydrogen) atoms. The topological polar surface area (TPSA) is 17.9 Å². The molecule has 0 spiro atoms. The molecule has 0 bridgehead atoms. The first kappa shape index (κ1) is 32.9. The standard InChI is InChI=1S/C51H45N5/c1-50(2,3)35-25-27-43-40(30-35)39-19-14-20-41-49(39)56(43)44-28-26-38(55-33-53(5)46-22-10-12-24-48(46)55)31-42(44)51(41,34-15-7-6-8-16-34)36-17-13-18-37(29-36)54-32-52(4)45-21-9-11-23-47(45)54/h6-31H,32-33H2,1-5H3. The summed E-state index contributed by atoms with van der Waals surface area (Å²) in [5, 5.41) is 2.59. The molecule has 1 aromatic heterocycles. The molecule has 5 nitrogen and oxygen atoms in total. The maximum atomic E-state index is 2.56. The van der Waals surface area contributed by atoms with Gasteiger partial charge in [-0.15, -0.1) is 0 Å². The molecule has 0 fully saturated rings. The lowest BCUT2D eigenvalue weighted by Crippen LogP contribution is -2.36. The van der Waals surface area contributed by atoms with Gasteiger partial charge in [-0.25, -0.2) is 0 Å². The van der Waals surface area contributed by atoms with Crippen LogP contribution in [-0.4, -0.2) is 32.0 Å². The number of benzene rings is 7. The minimum Gasteiger partial charge on any atom is -0.355 e. The van der Waals surface area contributed by atoms with Crippen LogP contribution in [0, 0.1) is 0 Å². The second kappa shape index (κ2) is 11.8. The number of hydrogen-bond donors (Lipinski definition) is 0. The van der Waals surface area contributed by atoms with Gasteiger partial charge in [0.2, 0.25) is 0 Å². The van der Waals surface area contributed by atoms with E-state index in [2.05, 4.69) is 217 Å². The highest BCUT2D eigenvalue weighted by Gasteiger charge is 2.46. The Morgan fingerprint density at radius 2 is 1.07 bits per heavy atom. The van der Waals surface area contributed by atoms with E-state index in [1.807, 2.05) is 0 Å². The lowest BCUT2D eigenvalue weighted by molar-refractivity contribution is 0.591. The fraction of sp³-hybridized carbons (Fsp3) is 0.176. The molecule has 0 aliphatic carbocycles. The van der Waals surface area contributed by atoms with Gasteiger partial charge >= 0.3 is 0 Å². The third-order valence-electron chi connectivity index (χ3n) is 12.7. The fourth-order valence-corrected chi connectivity index (χ4v) is 10.0. The Balaban J connectivity index is 1.25. The van der Waals surface area contributed by atoms with E-state index in [9.17, 15) is 0 Å². The zero-order chi connectivity index (χ0) is 37.9. The minimum absolute atomic E-state index is 0.0306. The van der Waals surface area contributed by atoms with E-state index < -0.39 is 5.41 Å². The third-order valence-corrected chi connectivity index (χ3v) is 12.7. The predicted octanol–water partition coefficient (Wildman–Crippen LogP) is 11.9. The van der Waals surface area contributed by atoms with Crippen molar-refractivity contribution >= 4 is 55.9 Å². The van der Waals surface area contributed by atoms with E-state index in [1.165, 1.54) is 89.4 Å². The molecular weight excluding hydrogens is 683 g/mol. The van der Waals surface area contributed by atoms with E-state index in [0.717, 1.165) is 13.3 Å². The number of rotatable bonds is 4. The van der Waals surface area contributed by atoms with E-state index >= 15 is 0 Å². The van der Waals surface area contributed by atoms with Crippen LogP contribution < -0.4 is 19.6 Å². The van der Waals surface area contributed by atoms with Crippen LogP contribution in [0.4, 0.5) is 34.1 Å². The Labute approximate surface area is 329 Å². The molecule has 0 N–H and O–H groups in total. The van der Waals surface area contributed by atoms with Gasteiger partial charge in [0, 0.05) is 36.2 Å². The van der Waals surface area contributed by atoms with Crippen LogP contribution in [0.5, 0.6) is 0 Å². The summed E-state index contributed by atoms with van der Waals surface area (Å²) < 4.78 is 2.56. The Kier molecular flexibility index (Phi) is 6.92. The number of hydrogen-bond acceptors (Lipinski definition) is 4. The second-order valence-corrected chi connectivity index (χ2v) is 16.9. The number of nitrogens with zero attached hydrogens (tertiary/aromatic N) is 5. The quantitative estimate of drug-likeness (QED) is 0.180. The zero-order valence-electron chi connectivity index (χ0n) is 32.7. The molecule has 0 radical (unpaired) electrons. The molecule has 11 rings (SSSR count). The van der Waals surface area contributed by atoms with Gasteiger partial charge in [-0.2, -0.15) is 0 Å². The van der Waals surface area contributed by atoms with Gasteiger partial charge in [0.05, 0.1) is 58.2 Å².